The zero-order chi connectivity index (χ0) is 12.4. The minimum atomic E-state index is 0.172. The summed E-state index contributed by atoms with van der Waals surface area (Å²) in [7, 11) is 0. The molecule has 0 spiro atoms. The van der Waals surface area contributed by atoms with E-state index >= 15 is 0 Å². The van der Waals surface area contributed by atoms with Crippen LogP contribution in [0.4, 0.5) is 0 Å². The second-order valence-electron chi connectivity index (χ2n) is 5.45. The second-order valence-corrected chi connectivity index (χ2v) is 5.45. The van der Waals surface area contributed by atoms with Gasteiger partial charge in [0.15, 0.2) is 0 Å². The van der Waals surface area contributed by atoms with Crippen LogP contribution in [-0.2, 0) is 0 Å². The maximum Gasteiger partial charge on any atom is 0.0315 e. The fraction of sp³-hybridized carbons (Fsp3) is 0.600. The highest BCUT2D eigenvalue weighted by atomic mass is 14.9. The summed E-state index contributed by atoms with van der Waals surface area (Å²) in [5, 5.41) is 3.53. The van der Waals surface area contributed by atoms with Crippen molar-refractivity contribution in [2.24, 2.45) is 5.73 Å². The van der Waals surface area contributed by atoms with E-state index < -0.39 is 0 Å². The van der Waals surface area contributed by atoms with Gasteiger partial charge in [-0.15, -0.1) is 0 Å². The first-order valence-electron chi connectivity index (χ1n) is 6.64. The van der Waals surface area contributed by atoms with Crippen molar-refractivity contribution in [3.05, 3.63) is 34.4 Å². The molecule has 0 bridgehead atoms. The normalized spacial score (nSPS) is 21.8. The van der Waals surface area contributed by atoms with Crippen molar-refractivity contribution in [2.45, 2.75) is 52.1 Å². The maximum absolute atomic E-state index is 6.39. The Morgan fingerprint density at radius 3 is 2.47 bits per heavy atom. The van der Waals surface area contributed by atoms with E-state index in [9.17, 15) is 0 Å². The molecule has 0 aliphatic carbocycles. The van der Waals surface area contributed by atoms with Crippen molar-refractivity contribution in [3.63, 3.8) is 0 Å². The molecule has 1 aliphatic heterocycles. The van der Waals surface area contributed by atoms with Crippen LogP contribution in [-0.4, -0.2) is 12.6 Å². The van der Waals surface area contributed by atoms with E-state index in [1.165, 1.54) is 35.1 Å². The van der Waals surface area contributed by atoms with Crippen LogP contribution in [0.1, 0.15) is 47.6 Å². The number of rotatable bonds is 3. The smallest absolute Gasteiger partial charge is 0.0315 e. The van der Waals surface area contributed by atoms with E-state index in [0.29, 0.717) is 6.04 Å². The molecule has 2 unspecified atom stereocenters. The van der Waals surface area contributed by atoms with Gasteiger partial charge in [0.2, 0.25) is 0 Å². The topological polar surface area (TPSA) is 38.0 Å². The quantitative estimate of drug-likeness (QED) is 0.841. The summed E-state index contributed by atoms with van der Waals surface area (Å²) in [5.41, 5.74) is 11.7. The van der Waals surface area contributed by atoms with E-state index in [4.69, 9.17) is 5.73 Å². The molecule has 94 valence electrons. The first-order valence-corrected chi connectivity index (χ1v) is 6.64. The minimum Gasteiger partial charge on any atom is -0.324 e. The molecular formula is C15H24N2. The van der Waals surface area contributed by atoms with Crippen molar-refractivity contribution >= 4 is 0 Å². The zero-order valence-electron chi connectivity index (χ0n) is 11.2. The third-order valence-corrected chi connectivity index (χ3v) is 3.81. The van der Waals surface area contributed by atoms with Crippen LogP contribution in [0.5, 0.6) is 0 Å². The van der Waals surface area contributed by atoms with Gasteiger partial charge in [0.05, 0.1) is 0 Å². The Labute approximate surface area is 105 Å². The Morgan fingerprint density at radius 2 is 1.94 bits per heavy atom. The molecule has 2 atom stereocenters. The van der Waals surface area contributed by atoms with Crippen molar-refractivity contribution in [3.8, 4) is 0 Å². The van der Waals surface area contributed by atoms with Gasteiger partial charge in [0.1, 0.15) is 0 Å². The zero-order valence-corrected chi connectivity index (χ0v) is 11.2. The van der Waals surface area contributed by atoms with Crippen LogP contribution in [0, 0.1) is 20.8 Å². The number of benzene rings is 1. The van der Waals surface area contributed by atoms with Crippen LogP contribution >= 0.6 is 0 Å². The highest BCUT2D eigenvalue weighted by Crippen LogP contribution is 2.26. The van der Waals surface area contributed by atoms with Crippen LogP contribution in [0.25, 0.3) is 0 Å². The fourth-order valence-corrected chi connectivity index (χ4v) is 3.16. The molecule has 0 aromatic heterocycles. The van der Waals surface area contributed by atoms with Gasteiger partial charge >= 0.3 is 0 Å². The maximum atomic E-state index is 6.39. The first kappa shape index (κ1) is 12.6. The average Bonchev–Trinajstić information content (AvgIpc) is 2.68. The average molecular weight is 232 g/mol. The molecule has 1 saturated heterocycles. The lowest BCUT2D eigenvalue weighted by Gasteiger charge is -2.21. The van der Waals surface area contributed by atoms with E-state index in [2.05, 4.69) is 38.2 Å². The van der Waals surface area contributed by atoms with Crippen molar-refractivity contribution < 1.29 is 0 Å². The molecule has 1 fully saturated rings. The largest absolute Gasteiger partial charge is 0.324 e. The number of aryl methyl sites for hydroxylation is 3. The summed E-state index contributed by atoms with van der Waals surface area (Å²) in [5.74, 6) is 0. The van der Waals surface area contributed by atoms with Crippen LogP contribution in [0.15, 0.2) is 12.1 Å². The highest BCUT2D eigenvalue weighted by molar-refractivity contribution is 5.39. The predicted octanol–water partition coefficient (Wildman–Crippen LogP) is 2.75. The highest BCUT2D eigenvalue weighted by Gasteiger charge is 2.20. The number of nitrogens with two attached hydrogens (primary N) is 1. The summed E-state index contributed by atoms with van der Waals surface area (Å²) in [4.78, 5) is 0. The van der Waals surface area contributed by atoms with Gasteiger partial charge in [-0.2, -0.15) is 0 Å². The summed E-state index contributed by atoms with van der Waals surface area (Å²) < 4.78 is 0. The summed E-state index contributed by atoms with van der Waals surface area (Å²) in [6, 6.07) is 5.27. The lowest BCUT2D eigenvalue weighted by molar-refractivity contribution is 0.497. The van der Waals surface area contributed by atoms with E-state index in [0.717, 1.165) is 13.0 Å². The van der Waals surface area contributed by atoms with Gasteiger partial charge in [-0.05, 0) is 63.3 Å². The molecular weight excluding hydrogens is 208 g/mol. The second kappa shape index (κ2) is 5.19. The molecule has 2 rings (SSSR count). The van der Waals surface area contributed by atoms with E-state index in [1.807, 2.05) is 0 Å². The van der Waals surface area contributed by atoms with Crippen molar-refractivity contribution in [1.82, 2.24) is 5.32 Å². The van der Waals surface area contributed by atoms with E-state index in [1.54, 1.807) is 0 Å². The summed E-state index contributed by atoms with van der Waals surface area (Å²) >= 11 is 0. The van der Waals surface area contributed by atoms with Gasteiger partial charge in [0.25, 0.3) is 0 Å². The Bertz CT molecular complexity index is 369. The monoisotopic (exact) mass is 232 g/mol. The number of nitrogens with one attached hydrogen (secondary N) is 1. The standard InChI is InChI=1S/C15H24N2/c1-10-7-11(2)15(12(3)8-10)14(16)9-13-5-4-6-17-13/h7-8,13-14,17H,4-6,9,16H2,1-3H3. The molecule has 1 heterocycles. The number of hydrogen-bond acceptors (Lipinski definition) is 2. The molecule has 0 amide bonds. The SMILES string of the molecule is Cc1cc(C)c(C(N)CC2CCCN2)c(C)c1. The lowest BCUT2D eigenvalue weighted by atomic mass is 9.91. The van der Waals surface area contributed by atoms with Crippen molar-refractivity contribution in [1.29, 1.82) is 0 Å². The molecule has 17 heavy (non-hydrogen) atoms. The Kier molecular flexibility index (Phi) is 3.85. The third-order valence-electron chi connectivity index (χ3n) is 3.81. The molecule has 1 aromatic carbocycles. The molecule has 3 N–H and O–H groups in total. The van der Waals surface area contributed by atoms with Crippen molar-refractivity contribution in [2.75, 3.05) is 6.54 Å². The summed E-state index contributed by atoms with van der Waals surface area (Å²) in [6.07, 6.45) is 3.63. The van der Waals surface area contributed by atoms with Gasteiger partial charge in [-0.25, -0.2) is 0 Å². The van der Waals surface area contributed by atoms with Gasteiger partial charge < -0.3 is 11.1 Å². The molecule has 2 heteroatoms. The van der Waals surface area contributed by atoms with Crippen LogP contribution < -0.4 is 11.1 Å². The van der Waals surface area contributed by atoms with E-state index in [-0.39, 0.29) is 6.04 Å². The fourth-order valence-electron chi connectivity index (χ4n) is 3.16. The summed E-state index contributed by atoms with van der Waals surface area (Å²) in [6.45, 7) is 7.66. The molecule has 0 saturated carbocycles. The van der Waals surface area contributed by atoms with Gasteiger partial charge in [0, 0.05) is 12.1 Å². The Morgan fingerprint density at radius 1 is 1.29 bits per heavy atom. The van der Waals surface area contributed by atoms with Crippen LogP contribution in [0.3, 0.4) is 0 Å². The third kappa shape index (κ3) is 2.88. The van der Waals surface area contributed by atoms with Gasteiger partial charge in [-0.1, -0.05) is 17.7 Å². The minimum absolute atomic E-state index is 0.172. The Balaban J connectivity index is 2.15. The molecule has 1 aromatic rings. The molecule has 0 radical (unpaired) electrons. The molecule has 1 aliphatic rings. The lowest BCUT2D eigenvalue weighted by Crippen LogP contribution is -2.27. The van der Waals surface area contributed by atoms with Crippen LogP contribution in [0.2, 0.25) is 0 Å². The Hall–Kier alpha value is -0.860. The predicted molar refractivity (Wildman–Crippen MR) is 73.2 cm³/mol. The first-order chi connectivity index (χ1) is 8.08. The number of hydrogen-bond donors (Lipinski definition) is 2. The molecule has 2 nitrogen and oxygen atoms in total. The van der Waals surface area contributed by atoms with Gasteiger partial charge in [-0.3, -0.25) is 0 Å².